The number of rotatable bonds is 6. The topological polar surface area (TPSA) is 86.7 Å². The first-order chi connectivity index (χ1) is 8.81. The molecule has 6 nitrogen and oxygen atoms in total. The van der Waals surface area contributed by atoms with Crippen LogP contribution >= 0.6 is 11.6 Å². The molecule has 0 amide bonds. The van der Waals surface area contributed by atoms with E-state index in [0.29, 0.717) is 0 Å². The first-order valence-electron chi connectivity index (χ1n) is 5.62. The SMILES string of the molecule is CCN(CC)S(=O)(=O)Nc1cc(Cl)ccc1C(=O)O. The molecule has 0 bridgehead atoms. The van der Waals surface area contributed by atoms with Crippen molar-refractivity contribution in [3.05, 3.63) is 28.8 Å². The molecule has 0 aliphatic carbocycles. The molecule has 1 aromatic carbocycles. The lowest BCUT2D eigenvalue weighted by molar-refractivity contribution is 0.0698. The first kappa shape index (κ1) is 15.7. The van der Waals surface area contributed by atoms with Crippen molar-refractivity contribution in [1.82, 2.24) is 4.31 Å². The molecule has 0 fully saturated rings. The third-order valence-corrected chi connectivity index (χ3v) is 4.41. The minimum atomic E-state index is -3.79. The Labute approximate surface area is 117 Å². The fraction of sp³-hybridized carbons (Fsp3) is 0.364. The zero-order valence-electron chi connectivity index (χ0n) is 10.6. The number of carboxylic acids is 1. The quantitative estimate of drug-likeness (QED) is 0.842. The van der Waals surface area contributed by atoms with Gasteiger partial charge in [-0.25, -0.2) is 4.79 Å². The van der Waals surface area contributed by atoms with Gasteiger partial charge in [0.25, 0.3) is 0 Å². The number of hydrogen-bond acceptors (Lipinski definition) is 3. The maximum absolute atomic E-state index is 12.0. The van der Waals surface area contributed by atoms with Gasteiger partial charge in [0.2, 0.25) is 0 Å². The van der Waals surface area contributed by atoms with Gasteiger partial charge in [-0.15, -0.1) is 0 Å². The average molecular weight is 307 g/mol. The van der Waals surface area contributed by atoms with Crippen LogP contribution in [0.25, 0.3) is 0 Å². The summed E-state index contributed by atoms with van der Waals surface area (Å²) in [7, 11) is -3.79. The van der Waals surface area contributed by atoms with Gasteiger partial charge in [-0.3, -0.25) is 4.72 Å². The maximum Gasteiger partial charge on any atom is 0.337 e. The standard InChI is InChI=1S/C11H15ClN2O4S/c1-3-14(4-2)19(17,18)13-10-7-8(12)5-6-9(10)11(15)16/h5-7,13H,3-4H2,1-2H3,(H,15,16). The van der Waals surface area contributed by atoms with E-state index in [0.717, 1.165) is 0 Å². The van der Waals surface area contributed by atoms with Crippen LogP contribution in [-0.2, 0) is 10.2 Å². The highest BCUT2D eigenvalue weighted by molar-refractivity contribution is 7.90. The predicted molar refractivity (Wildman–Crippen MR) is 73.9 cm³/mol. The lowest BCUT2D eigenvalue weighted by Crippen LogP contribution is -2.35. The molecule has 0 heterocycles. The molecule has 0 saturated carbocycles. The molecular weight excluding hydrogens is 292 g/mol. The Morgan fingerprint density at radius 2 is 1.95 bits per heavy atom. The number of nitrogens with one attached hydrogen (secondary N) is 1. The van der Waals surface area contributed by atoms with Crippen LogP contribution in [0.5, 0.6) is 0 Å². The Hall–Kier alpha value is -1.31. The molecule has 1 aromatic rings. The molecule has 2 N–H and O–H groups in total. The second-order valence-corrected chi connectivity index (χ2v) is 5.79. The molecule has 1 rings (SSSR count). The van der Waals surface area contributed by atoms with E-state index >= 15 is 0 Å². The van der Waals surface area contributed by atoms with Gasteiger partial charge in [0, 0.05) is 18.1 Å². The molecule has 0 spiro atoms. The van der Waals surface area contributed by atoms with E-state index in [1.165, 1.54) is 22.5 Å². The predicted octanol–water partition coefficient (Wildman–Crippen LogP) is 2.04. The summed E-state index contributed by atoms with van der Waals surface area (Å²) in [5.41, 5.74) is -0.202. The Bertz CT molecular complexity index is 570. The number of hydrogen-bond donors (Lipinski definition) is 2. The molecule has 0 atom stereocenters. The fourth-order valence-corrected chi connectivity index (χ4v) is 2.98. The van der Waals surface area contributed by atoms with Gasteiger partial charge in [0.15, 0.2) is 0 Å². The number of aromatic carboxylic acids is 1. The number of halogens is 1. The lowest BCUT2D eigenvalue weighted by atomic mass is 10.2. The van der Waals surface area contributed by atoms with Crippen molar-refractivity contribution in [2.45, 2.75) is 13.8 Å². The number of nitrogens with zero attached hydrogens (tertiary/aromatic N) is 1. The van der Waals surface area contributed by atoms with Crippen LogP contribution in [0.2, 0.25) is 5.02 Å². The molecule has 0 aliphatic rings. The van der Waals surface area contributed by atoms with Crippen molar-refractivity contribution in [2.24, 2.45) is 0 Å². The van der Waals surface area contributed by atoms with Crippen molar-refractivity contribution >= 4 is 33.5 Å². The molecule has 8 heteroatoms. The van der Waals surface area contributed by atoms with Crippen LogP contribution < -0.4 is 4.72 Å². The van der Waals surface area contributed by atoms with Crippen LogP contribution in [0.3, 0.4) is 0 Å². The highest BCUT2D eigenvalue weighted by Gasteiger charge is 2.21. The van der Waals surface area contributed by atoms with Crippen molar-refractivity contribution in [3.63, 3.8) is 0 Å². The molecular formula is C11H15ClN2O4S. The summed E-state index contributed by atoms with van der Waals surface area (Å²) in [6, 6.07) is 3.91. The smallest absolute Gasteiger partial charge is 0.337 e. The molecule has 0 saturated heterocycles. The van der Waals surface area contributed by atoms with E-state index in [4.69, 9.17) is 16.7 Å². The van der Waals surface area contributed by atoms with Crippen LogP contribution in [-0.4, -0.2) is 36.9 Å². The highest BCUT2D eigenvalue weighted by atomic mass is 35.5. The van der Waals surface area contributed by atoms with Crippen molar-refractivity contribution in [2.75, 3.05) is 17.8 Å². The fourth-order valence-electron chi connectivity index (χ4n) is 1.55. The van der Waals surface area contributed by atoms with E-state index in [-0.39, 0.29) is 29.4 Å². The summed E-state index contributed by atoms with van der Waals surface area (Å²) in [6.45, 7) is 3.96. The van der Waals surface area contributed by atoms with Gasteiger partial charge >= 0.3 is 16.2 Å². The number of carbonyl (C=O) groups is 1. The van der Waals surface area contributed by atoms with Gasteiger partial charge in [-0.05, 0) is 18.2 Å². The van der Waals surface area contributed by atoms with Crippen LogP contribution in [0.1, 0.15) is 24.2 Å². The largest absolute Gasteiger partial charge is 0.478 e. The Morgan fingerprint density at radius 1 is 1.37 bits per heavy atom. The second kappa shape index (κ2) is 6.23. The maximum atomic E-state index is 12.0. The third-order valence-electron chi connectivity index (χ3n) is 2.50. The van der Waals surface area contributed by atoms with Gasteiger partial charge < -0.3 is 5.11 Å². The number of anilines is 1. The molecule has 0 unspecified atom stereocenters. The van der Waals surface area contributed by atoms with E-state index in [9.17, 15) is 13.2 Å². The average Bonchev–Trinajstić information content (AvgIpc) is 2.28. The minimum absolute atomic E-state index is 0.0492. The van der Waals surface area contributed by atoms with E-state index in [1.807, 2.05) is 0 Å². The minimum Gasteiger partial charge on any atom is -0.478 e. The monoisotopic (exact) mass is 306 g/mol. The summed E-state index contributed by atoms with van der Waals surface area (Å²) in [5.74, 6) is -1.23. The van der Waals surface area contributed by atoms with Crippen LogP contribution in [0.15, 0.2) is 18.2 Å². The highest BCUT2D eigenvalue weighted by Crippen LogP contribution is 2.23. The zero-order valence-corrected chi connectivity index (χ0v) is 12.1. The number of benzene rings is 1. The van der Waals surface area contributed by atoms with Crippen LogP contribution in [0, 0.1) is 0 Å². The molecule has 0 aliphatic heterocycles. The Morgan fingerprint density at radius 3 is 2.42 bits per heavy atom. The second-order valence-electron chi connectivity index (χ2n) is 3.69. The third kappa shape index (κ3) is 3.82. The molecule has 106 valence electrons. The molecule has 0 radical (unpaired) electrons. The normalized spacial score (nSPS) is 11.6. The van der Waals surface area contributed by atoms with E-state index < -0.39 is 16.2 Å². The van der Waals surface area contributed by atoms with E-state index in [2.05, 4.69) is 4.72 Å². The van der Waals surface area contributed by atoms with Crippen LogP contribution in [0.4, 0.5) is 5.69 Å². The van der Waals surface area contributed by atoms with Gasteiger partial charge in [0.05, 0.1) is 11.3 Å². The number of carboxylic acid groups (broad SMARTS) is 1. The van der Waals surface area contributed by atoms with Crippen molar-refractivity contribution in [1.29, 1.82) is 0 Å². The van der Waals surface area contributed by atoms with E-state index in [1.54, 1.807) is 13.8 Å². The summed E-state index contributed by atoms with van der Waals surface area (Å²) >= 11 is 5.76. The lowest BCUT2D eigenvalue weighted by Gasteiger charge is -2.20. The van der Waals surface area contributed by atoms with Gasteiger partial charge in [-0.2, -0.15) is 12.7 Å². The summed E-state index contributed by atoms with van der Waals surface area (Å²) in [4.78, 5) is 11.0. The van der Waals surface area contributed by atoms with Crippen molar-refractivity contribution in [3.8, 4) is 0 Å². The zero-order chi connectivity index (χ0) is 14.6. The molecule has 19 heavy (non-hydrogen) atoms. The summed E-state index contributed by atoms with van der Waals surface area (Å²) < 4.78 is 27.5. The van der Waals surface area contributed by atoms with Gasteiger partial charge in [0.1, 0.15) is 0 Å². The Kier molecular flexibility index (Phi) is 5.16. The van der Waals surface area contributed by atoms with Crippen molar-refractivity contribution < 1.29 is 18.3 Å². The first-order valence-corrected chi connectivity index (χ1v) is 7.44. The molecule has 0 aromatic heterocycles. The summed E-state index contributed by atoms with van der Waals surface area (Å²) in [5, 5.41) is 9.27. The van der Waals surface area contributed by atoms with Gasteiger partial charge in [-0.1, -0.05) is 25.4 Å². The summed E-state index contributed by atoms with van der Waals surface area (Å²) in [6.07, 6.45) is 0. The Balaban J connectivity index is 3.18.